The second kappa shape index (κ2) is 11.6. The number of benzene rings is 2. The topological polar surface area (TPSA) is 0 Å². The maximum absolute atomic E-state index is 5.81. The fourth-order valence-corrected chi connectivity index (χ4v) is 13.4. The molecule has 0 atom stereocenters. The molecule has 9 rings (SSSR count). The standard InChI is InChI=1S/2C16H17.C5H8.2ClH.Zr/c2*1-2-4-14-13(3-1)5-6-15(14)16-9-7-12(11-16)8-10-16;1-2-4-5-3-1;;;/h2*1-6,12H,7-11H2;1-4H2;2*1H;/q2*-1;;;;+2/p-2. The third-order valence-electron chi connectivity index (χ3n) is 11.5. The fraction of sp³-hybridized carbons (Fsp3) is 0.486. The molecule has 0 nitrogen and oxygen atoms in total. The van der Waals surface area contributed by atoms with Crippen LogP contribution in [0.25, 0.3) is 21.5 Å². The first kappa shape index (κ1) is 27.8. The Morgan fingerprint density at radius 1 is 0.625 bits per heavy atom. The molecule has 0 saturated heterocycles. The fourth-order valence-electron chi connectivity index (χ4n) is 9.36. The van der Waals surface area contributed by atoms with E-state index in [1.807, 2.05) is 0 Å². The van der Waals surface area contributed by atoms with E-state index in [-0.39, 0.29) is 0 Å². The summed E-state index contributed by atoms with van der Waals surface area (Å²) in [4.78, 5) is 0. The van der Waals surface area contributed by atoms with Crippen LogP contribution in [0.15, 0.2) is 72.8 Å². The monoisotopic (exact) mass is 646 g/mol. The molecule has 0 amide bonds. The van der Waals surface area contributed by atoms with E-state index in [0.29, 0.717) is 10.8 Å². The molecule has 3 heteroatoms. The Labute approximate surface area is 255 Å². The van der Waals surface area contributed by atoms with Crippen molar-refractivity contribution in [1.82, 2.24) is 0 Å². The summed E-state index contributed by atoms with van der Waals surface area (Å²) in [6.07, 6.45) is 19.7. The summed E-state index contributed by atoms with van der Waals surface area (Å²) >= 11 is -1.85. The summed E-state index contributed by atoms with van der Waals surface area (Å²) in [6, 6.07) is 27.2. The van der Waals surface area contributed by atoms with Gasteiger partial charge in [0.1, 0.15) is 0 Å². The Morgan fingerprint density at radius 2 is 1.05 bits per heavy atom. The van der Waals surface area contributed by atoms with E-state index in [4.69, 9.17) is 17.0 Å². The van der Waals surface area contributed by atoms with Crippen LogP contribution in [0.2, 0.25) is 0 Å². The summed E-state index contributed by atoms with van der Waals surface area (Å²) in [5.41, 5.74) is 4.44. The molecule has 0 spiro atoms. The summed E-state index contributed by atoms with van der Waals surface area (Å²) in [7, 11) is 11.6. The Kier molecular flexibility index (Phi) is 8.05. The van der Waals surface area contributed by atoms with Gasteiger partial charge in [-0.1, -0.05) is 63.5 Å². The number of hydrogen-bond donors (Lipinski definition) is 0. The van der Waals surface area contributed by atoms with E-state index in [1.54, 1.807) is 11.1 Å². The van der Waals surface area contributed by atoms with Gasteiger partial charge >= 0.3 is 64.8 Å². The van der Waals surface area contributed by atoms with Crippen molar-refractivity contribution in [3.8, 4) is 0 Å². The molecule has 0 radical (unpaired) electrons. The van der Waals surface area contributed by atoms with Crippen molar-refractivity contribution in [1.29, 1.82) is 0 Å². The molecule has 0 N–H and O–H groups in total. The second-order valence-electron chi connectivity index (χ2n) is 13.6. The van der Waals surface area contributed by atoms with Gasteiger partial charge in [-0.3, -0.25) is 0 Å². The number of fused-ring (bicyclic) bond motifs is 6. The second-order valence-corrected chi connectivity index (χ2v) is 22.2. The first-order chi connectivity index (χ1) is 19.6. The summed E-state index contributed by atoms with van der Waals surface area (Å²) in [6.45, 7) is 0. The van der Waals surface area contributed by atoms with Crippen LogP contribution in [0, 0.1) is 11.8 Å². The van der Waals surface area contributed by atoms with Gasteiger partial charge in [0.25, 0.3) is 0 Å². The molecule has 0 aromatic heterocycles. The molecule has 5 saturated carbocycles. The van der Waals surface area contributed by atoms with Crippen molar-refractivity contribution in [3.05, 3.63) is 83.9 Å². The zero-order valence-corrected chi connectivity index (χ0v) is 27.7. The van der Waals surface area contributed by atoms with E-state index < -0.39 is 18.9 Å². The molecule has 5 fully saturated rings. The summed E-state index contributed by atoms with van der Waals surface area (Å²) in [5, 5.41) is 5.90. The number of hydrogen-bond acceptors (Lipinski definition) is 0. The van der Waals surface area contributed by atoms with Gasteiger partial charge in [-0.25, -0.2) is 0 Å². The molecule has 0 aliphatic heterocycles. The average molecular weight is 649 g/mol. The van der Waals surface area contributed by atoms with Gasteiger partial charge < -0.3 is 0 Å². The predicted molar refractivity (Wildman–Crippen MR) is 171 cm³/mol. The van der Waals surface area contributed by atoms with E-state index in [9.17, 15) is 0 Å². The third-order valence-corrected chi connectivity index (χ3v) is 17.2. The van der Waals surface area contributed by atoms with E-state index in [1.165, 1.54) is 115 Å². The maximum atomic E-state index is 5.81. The van der Waals surface area contributed by atoms with E-state index in [2.05, 4.69) is 72.8 Å². The normalized spacial score (nSPS) is 30.0. The molecule has 210 valence electrons. The van der Waals surface area contributed by atoms with Gasteiger partial charge in [0.2, 0.25) is 0 Å². The zero-order valence-electron chi connectivity index (χ0n) is 23.7. The summed E-state index contributed by atoms with van der Waals surface area (Å²) in [5.74, 6) is 2.07. The molecular weight excluding hydrogens is 607 g/mol. The minimum Gasteiger partial charge on any atom is -0.150 e. The van der Waals surface area contributed by atoms with Crippen LogP contribution in [0.4, 0.5) is 0 Å². The molecule has 0 unspecified atom stereocenters. The van der Waals surface area contributed by atoms with Crippen molar-refractivity contribution in [2.24, 2.45) is 11.8 Å². The van der Waals surface area contributed by atoms with Crippen molar-refractivity contribution in [2.45, 2.75) is 101 Å². The van der Waals surface area contributed by atoms with Crippen LogP contribution in [0.1, 0.15) is 101 Å². The Hall–Kier alpha value is -1.01. The Bertz CT molecular complexity index is 1390. The molecule has 5 aliphatic carbocycles. The van der Waals surface area contributed by atoms with Crippen molar-refractivity contribution >= 4 is 41.8 Å². The molecule has 40 heavy (non-hydrogen) atoms. The molecular formula is C37H42Cl2Zr-2. The van der Waals surface area contributed by atoms with E-state index >= 15 is 0 Å². The molecule has 5 aliphatic rings. The smallest absolute Gasteiger partial charge is 0.0414 e. The minimum atomic E-state index is -1.85. The molecule has 4 aromatic rings. The van der Waals surface area contributed by atoms with Crippen LogP contribution < -0.4 is 0 Å². The first-order valence-corrected chi connectivity index (χ1v) is 23.4. The van der Waals surface area contributed by atoms with Gasteiger partial charge in [0.15, 0.2) is 0 Å². The molecule has 4 aromatic carbocycles. The molecule has 4 bridgehead atoms. The van der Waals surface area contributed by atoms with Crippen molar-refractivity contribution in [3.63, 3.8) is 0 Å². The third kappa shape index (κ3) is 5.20. The van der Waals surface area contributed by atoms with Crippen molar-refractivity contribution in [2.75, 3.05) is 0 Å². The van der Waals surface area contributed by atoms with Gasteiger partial charge in [0.05, 0.1) is 0 Å². The van der Waals surface area contributed by atoms with Crippen LogP contribution in [-0.4, -0.2) is 3.21 Å². The predicted octanol–water partition coefficient (Wildman–Crippen LogP) is 11.4. The van der Waals surface area contributed by atoms with Gasteiger partial charge in [-0.2, -0.15) is 0 Å². The van der Waals surface area contributed by atoms with Crippen LogP contribution in [-0.2, 0) is 29.7 Å². The van der Waals surface area contributed by atoms with Crippen LogP contribution >= 0.6 is 17.0 Å². The Morgan fingerprint density at radius 3 is 1.40 bits per heavy atom. The zero-order chi connectivity index (χ0) is 27.2. The van der Waals surface area contributed by atoms with Gasteiger partial charge in [0, 0.05) is 0 Å². The van der Waals surface area contributed by atoms with Gasteiger partial charge in [-0.15, -0.1) is 93.3 Å². The Balaban J connectivity index is 0.000000105. The largest absolute Gasteiger partial charge is 0.150 e. The average Bonchev–Trinajstić information content (AvgIpc) is 3.85. The van der Waals surface area contributed by atoms with Gasteiger partial charge in [-0.05, 0) is 35.5 Å². The quantitative estimate of drug-likeness (QED) is 0.190. The number of halogens is 2. The molecule has 0 heterocycles. The minimum absolute atomic E-state index is 0.563. The summed E-state index contributed by atoms with van der Waals surface area (Å²) < 4.78 is 1.52. The van der Waals surface area contributed by atoms with Crippen LogP contribution in [0.3, 0.4) is 0 Å². The number of rotatable bonds is 2. The maximum Gasteiger partial charge on any atom is -0.0414 e. The van der Waals surface area contributed by atoms with Crippen LogP contribution in [0.5, 0.6) is 0 Å². The first-order valence-electron chi connectivity index (χ1n) is 15.9. The van der Waals surface area contributed by atoms with E-state index in [0.717, 1.165) is 11.8 Å². The van der Waals surface area contributed by atoms with Crippen molar-refractivity contribution < 1.29 is 18.9 Å². The SMILES string of the molecule is [Cl][Zr]([Cl])=[C]1CCCC1.c1ccc2c(C34CCC(CC3)C4)c[cH-]c2c1.c1ccc2c(C34CCC(CC3)C4)c[cH-]c2c1.